The fraction of sp³-hybridized carbons (Fsp3) is 0.222. The summed E-state index contributed by atoms with van der Waals surface area (Å²) < 4.78 is 1.12. The summed E-state index contributed by atoms with van der Waals surface area (Å²) in [6.07, 6.45) is 2.12. The molecule has 21 heavy (non-hydrogen) atoms. The third-order valence-corrected chi connectivity index (χ3v) is 4.54. The minimum absolute atomic E-state index is 0.873. The zero-order valence-electron chi connectivity index (χ0n) is 12.3. The predicted molar refractivity (Wildman–Crippen MR) is 99.2 cm³/mol. The van der Waals surface area contributed by atoms with Crippen molar-refractivity contribution in [2.45, 2.75) is 6.54 Å². The molecule has 0 amide bonds. The molecule has 0 spiro atoms. The summed E-state index contributed by atoms with van der Waals surface area (Å²) in [5.74, 6) is 0.996. The van der Waals surface area contributed by atoms with Crippen LogP contribution in [0.1, 0.15) is 5.56 Å². The molecule has 0 radical (unpaired) electrons. The Kier molecular flexibility index (Phi) is 6.40. The minimum Gasteiger partial charge on any atom is -0.362 e. The number of anilines is 1. The van der Waals surface area contributed by atoms with Crippen molar-refractivity contribution in [1.29, 1.82) is 0 Å². The maximum atomic E-state index is 4.20. The van der Waals surface area contributed by atoms with Crippen LogP contribution < -0.4 is 4.90 Å². The molecule has 0 fully saturated rings. The molecule has 0 N–H and O–H groups in total. The Labute approximate surface area is 140 Å². The molecule has 0 aliphatic carbocycles. The van der Waals surface area contributed by atoms with Gasteiger partial charge in [0.25, 0.3) is 0 Å². The molecule has 0 unspecified atom stereocenters. The highest BCUT2D eigenvalue weighted by molar-refractivity contribution is 9.10. The molecule has 0 aliphatic rings. The van der Waals surface area contributed by atoms with E-state index in [1.807, 2.05) is 17.8 Å². The maximum absolute atomic E-state index is 4.20. The number of rotatable bonds is 7. The van der Waals surface area contributed by atoms with E-state index in [1.54, 1.807) is 0 Å². The normalized spacial score (nSPS) is 10.4. The molecular formula is C18H20BrNS. The average Bonchev–Trinajstić information content (AvgIpc) is 2.48. The monoisotopic (exact) mass is 361 g/mol. The van der Waals surface area contributed by atoms with Crippen LogP contribution in [0, 0.1) is 0 Å². The van der Waals surface area contributed by atoms with Crippen molar-refractivity contribution in [3.63, 3.8) is 0 Å². The smallest absolute Gasteiger partial charge is 0.0516 e. The summed E-state index contributed by atoms with van der Waals surface area (Å²) in [4.78, 5) is 2.37. The summed E-state index contributed by atoms with van der Waals surface area (Å²) in [6, 6.07) is 18.9. The van der Waals surface area contributed by atoms with Gasteiger partial charge >= 0.3 is 0 Å². The third kappa shape index (κ3) is 4.94. The second-order valence-corrected chi connectivity index (χ2v) is 6.70. The highest BCUT2D eigenvalue weighted by Gasteiger charge is 2.11. The van der Waals surface area contributed by atoms with Gasteiger partial charge in [-0.15, -0.1) is 0 Å². The van der Waals surface area contributed by atoms with Gasteiger partial charge < -0.3 is 4.90 Å². The zero-order chi connectivity index (χ0) is 15.1. The Bertz CT molecular complexity index is 583. The van der Waals surface area contributed by atoms with Gasteiger partial charge in [-0.2, -0.15) is 11.8 Å². The minimum atomic E-state index is 0.873. The lowest BCUT2D eigenvalue weighted by Gasteiger charge is -2.27. The summed E-state index contributed by atoms with van der Waals surface area (Å²) in [5, 5.41) is 0. The number of thioether (sulfide) groups is 1. The average molecular weight is 362 g/mol. The van der Waals surface area contributed by atoms with Crippen LogP contribution in [0.4, 0.5) is 5.69 Å². The van der Waals surface area contributed by atoms with Crippen molar-refractivity contribution in [2.24, 2.45) is 0 Å². The van der Waals surface area contributed by atoms with E-state index in [1.165, 1.54) is 16.8 Å². The molecule has 0 atom stereocenters. The van der Waals surface area contributed by atoms with E-state index < -0.39 is 0 Å². The fourth-order valence-corrected chi connectivity index (χ4v) is 3.29. The quantitative estimate of drug-likeness (QED) is 0.609. The first-order chi connectivity index (χ1) is 10.2. The van der Waals surface area contributed by atoms with Gasteiger partial charge in [0.05, 0.1) is 5.69 Å². The van der Waals surface area contributed by atoms with E-state index in [9.17, 15) is 0 Å². The van der Waals surface area contributed by atoms with Crippen LogP contribution >= 0.6 is 27.7 Å². The number of hydrogen-bond acceptors (Lipinski definition) is 2. The molecule has 0 saturated heterocycles. The van der Waals surface area contributed by atoms with Gasteiger partial charge in [-0.25, -0.2) is 0 Å². The molecule has 2 aromatic carbocycles. The van der Waals surface area contributed by atoms with Gasteiger partial charge in [-0.1, -0.05) is 49.0 Å². The molecule has 0 bridgehead atoms. The van der Waals surface area contributed by atoms with Crippen molar-refractivity contribution in [2.75, 3.05) is 23.5 Å². The molecule has 2 rings (SSSR count). The maximum Gasteiger partial charge on any atom is 0.0516 e. The lowest BCUT2D eigenvalue weighted by Crippen LogP contribution is -2.25. The van der Waals surface area contributed by atoms with Gasteiger partial charge in [-0.05, 0) is 45.5 Å². The lowest BCUT2D eigenvalue weighted by molar-refractivity contribution is 0.844. The highest BCUT2D eigenvalue weighted by Crippen LogP contribution is 2.28. The number of halogens is 1. The highest BCUT2D eigenvalue weighted by atomic mass is 79.9. The molecule has 1 nitrogen and oxygen atoms in total. The molecule has 0 aliphatic heterocycles. The number of hydrogen-bond donors (Lipinski definition) is 0. The molecule has 0 heterocycles. The van der Waals surface area contributed by atoms with Crippen molar-refractivity contribution in [3.05, 3.63) is 76.8 Å². The van der Waals surface area contributed by atoms with Gasteiger partial charge in [-0.3, -0.25) is 0 Å². The van der Waals surface area contributed by atoms with Crippen LogP contribution in [-0.4, -0.2) is 18.6 Å². The Morgan fingerprint density at radius 2 is 1.76 bits per heavy atom. The van der Waals surface area contributed by atoms with Gasteiger partial charge in [0.15, 0.2) is 0 Å². The Morgan fingerprint density at radius 3 is 2.43 bits per heavy atom. The van der Waals surface area contributed by atoms with Gasteiger partial charge in [0.1, 0.15) is 0 Å². The number of para-hydroxylation sites is 1. The third-order valence-electron chi connectivity index (χ3n) is 3.17. The van der Waals surface area contributed by atoms with E-state index in [2.05, 4.69) is 82.2 Å². The standard InChI is InChI=1S/C18H20BrNS/c1-15(14-21-2)12-20(13-16-8-4-3-5-9-16)18-11-7-6-10-17(18)19/h3-11H,1,12-14H2,2H3. The molecule has 0 saturated carbocycles. The van der Waals surface area contributed by atoms with Gasteiger partial charge in [0, 0.05) is 23.3 Å². The van der Waals surface area contributed by atoms with Crippen molar-refractivity contribution < 1.29 is 0 Å². The number of nitrogens with zero attached hydrogens (tertiary/aromatic N) is 1. The van der Waals surface area contributed by atoms with Crippen LogP contribution in [0.5, 0.6) is 0 Å². The molecule has 110 valence electrons. The Hall–Kier alpha value is -1.19. The Morgan fingerprint density at radius 1 is 1.10 bits per heavy atom. The predicted octanol–water partition coefficient (Wildman–Crippen LogP) is 5.37. The van der Waals surface area contributed by atoms with Crippen molar-refractivity contribution in [1.82, 2.24) is 0 Å². The molecular weight excluding hydrogens is 342 g/mol. The van der Waals surface area contributed by atoms with Crippen molar-refractivity contribution >= 4 is 33.4 Å². The van der Waals surface area contributed by atoms with Crippen LogP contribution in [0.2, 0.25) is 0 Å². The van der Waals surface area contributed by atoms with Crippen LogP contribution in [0.25, 0.3) is 0 Å². The van der Waals surface area contributed by atoms with E-state index in [0.717, 1.165) is 23.3 Å². The number of benzene rings is 2. The lowest BCUT2D eigenvalue weighted by atomic mass is 10.1. The summed E-state index contributed by atoms with van der Waals surface area (Å²) >= 11 is 5.48. The van der Waals surface area contributed by atoms with Crippen LogP contribution in [-0.2, 0) is 6.54 Å². The fourth-order valence-electron chi connectivity index (χ4n) is 2.26. The summed E-state index contributed by atoms with van der Waals surface area (Å²) in [7, 11) is 0. The topological polar surface area (TPSA) is 3.24 Å². The molecule has 3 heteroatoms. The first-order valence-electron chi connectivity index (χ1n) is 6.89. The Balaban J connectivity index is 2.22. The summed E-state index contributed by atoms with van der Waals surface area (Å²) in [6.45, 7) is 5.96. The first kappa shape index (κ1) is 16.2. The first-order valence-corrected chi connectivity index (χ1v) is 9.08. The van der Waals surface area contributed by atoms with E-state index in [4.69, 9.17) is 0 Å². The van der Waals surface area contributed by atoms with E-state index >= 15 is 0 Å². The zero-order valence-corrected chi connectivity index (χ0v) is 14.7. The van der Waals surface area contributed by atoms with Gasteiger partial charge in [0.2, 0.25) is 0 Å². The summed E-state index contributed by atoms with van der Waals surface area (Å²) in [5.41, 5.74) is 3.77. The van der Waals surface area contributed by atoms with Crippen molar-refractivity contribution in [3.8, 4) is 0 Å². The second kappa shape index (κ2) is 8.30. The van der Waals surface area contributed by atoms with E-state index in [-0.39, 0.29) is 0 Å². The largest absolute Gasteiger partial charge is 0.362 e. The molecule has 2 aromatic rings. The van der Waals surface area contributed by atoms with Crippen LogP contribution in [0.15, 0.2) is 71.2 Å². The van der Waals surface area contributed by atoms with E-state index in [0.29, 0.717) is 0 Å². The van der Waals surface area contributed by atoms with Crippen LogP contribution in [0.3, 0.4) is 0 Å². The SMILES string of the molecule is C=C(CSC)CN(Cc1ccccc1)c1ccccc1Br. The second-order valence-electron chi connectivity index (χ2n) is 4.98. The molecule has 0 aromatic heterocycles.